The van der Waals surface area contributed by atoms with Gasteiger partial charge in [-0.2, -0.15) is 4.31 Å². The summed E-state index contributed by atoms with van der Waals surface area (Å²) in [5, 5.41) is 0.306. The summed E-state index contributed by atoms with van der Waals surface area (Å²) in [5.74, 6) is 0.151. The van der Waals surface area contributed by atoms with E-state index in [9.17, 15) is 8.42 Å². The summed E-state index contributed by atoms with van der Waals surface area (Å²) in [5.41, 5.74) is 0. The molecule has 0 spiro atoms. The molecule has 6 heteroatoms. The summed E-state index contributed by atoms with van der Waals surface area (Å²) in [6.07, 6.45) is 0.673. The molecular formula is C12H15Cl2NO2S. The molecule has 1 fully saturated rings. The van der Waals surface area contributed by atoms with Crippen LogP contribution in [0, 0.1) is 5.92 Å². The normalized spacial score (nSPS) is 26.2. The highest BCUT2D eigenvalue weighted by atomic mass is 35.5. The molecule has 0 bridgehead atoms. The molecule has 0 radical (unpaired) electrons. The zero-order valence-electron chi connectivity index (χ0n) is 10.0. The van der Waals surface area contributed by atoms with E-state index in [1.165, 1.54) is 10.4 Å². The van der Waals surface area contributed by atoms with Crippen molar-refractivity contribution < 1.29 is 8.42 Å². The van der Waals surface area contributed by atoms with Crippen molar-refractivity contribution in [1.29, 1.82) is 0 Å². The van der Waals surface area contributed by atoms with Gasteiger partial charge < -0.3 is 0 Å². The van der Waals surface area contributed by atoms with Gasteiger partial charge in [-0.3, -0.25) is 0 Å². The van der Waals surface area contributed by atoms with E-state index < -0.39 is 10.0 Å². The Bertz CT molecular complexity index is 533. The number of piperidine rings is 1. The molecule has 2 atom stereocenters. The second-order valence-corrected chi connectivity index (χ2v) is 7.45. The Labute approximate surface area is 118 Å². The van der Waals surface area contributed by atoms with E-state index in [4.69, 9.17) is 23.2 Å². The summed E-state index contributed by atoms with van der Waals surface area (Å²) < 4.78 is 26.4. The number of rotatable bonds is 2. The van der Waals surface area contributed by atoms with Crippen molar-refractivity contribution in [2.45, 2.75) is 23.6 Å². The van der Waals surface area contributed by atoms with Crippen LogP contribution >= 0.6 is 23.2 Å². The molecule has 1 aliphatic heterocycles. The van der Waals surface area contributed by atoms with Crippen LogP contribution in [0.15, 0.2) is 29.2 Å². The van der Waals surface area contributed by atoms with E-state index in [-0.39, 0.29) is 21.2 Å². The van der Waals surface area contributed by atoms with Crippen LogP contribution in [-0.2, 0) is 10.0 Å². The van der Waals surface area contributed by atoms with E-state index in [0.29, 0.717) is 19.5 Å². The molecule has 0 N–H and O–H groups in total. The molecule has 18 heavy (non-hydrogen) atoms. The monoisotopic (exact) mass is 307 g/mol. The van der Waals surface area contributed by atoms with Crippen LogP contribution in [0.3, 0.4) is 0 Å². The standard InChI is InChI=1S/C12H15Cl2NO2S/c1-9-8-15(7-6-10(9)13)18(16,17)12-5-3-2-4-11(12)14/h2-5,9-10H,6-8H2,1H3. The number of hydrogen-bond acceptors (Lipinski definition) is 2. The molecule has 1 heterocycles. The first kappa shape index (κ1) is 14.1. The SMILES string of the molecule is CC1CN(S(=O)(=O)c2ccccc2Cl)CCC1Cl. The smallest absolute Gasteiger partial charge is 0.207 e. The Balaban J connectivity index is 2.30. The second kappa shape index (κ2) is 5.37. The third kappa shape index (κ3) is 2.67. The number of alkyl halides is 1. The predicted molar refractivity (Wildman–Crippen MR) is 73.6 cm³/mol. The molecule has 1 aliphatic rings. The van der Waals surface area contributed by atoms with Gasteiger partial charge >= 0.3 is 0 Å². The zero-order valence-corrected chi connectivity index (χ0v) is 12.3. The van der Waals surface area contributed by atoms with Gasteiger partial charge in [-0.05, 0) is 24.5 Å². The van der Waals surface area contributed by atoms with Crippen molar-refractivity contribution in [2.24, 2.45) is 5.92 Å². The van der Waals surface area contributed by atoms with Crippen LogP contribution in [0.5, 0.6) is 0 Å². The first-order valence-electron chi connectivity index (χ1n) is 5.81. The molecule has 0 aliphatic carbocycles. The van der Waals surface area contributed by atoms with Gasteiger partial charge in [-0.1, -0.05) is 30.7 Å². The van der Waals surface area contributed by atoms with Gasteiger partial charge in [-0.25, -0.2) is 8.42 Å². The molecule has 0 aromatic heterocycles. The average Bonchev–Trinajstić information content (AvgIpc) is 2.33. The molecule has 1 aromatic rings. The first-order valence-corrected chi connectivity index (χ1v) is 8.07. The topological polar surface area (TPSA) is 37.4 Å². The summed E-state index contributed by atoms with van der Waals surface area (Å²) in [7, 11) is -3.51. The van der Waals surface area contributed by atoms with Gasteiger partial charge in [0.1, 0.15) is 4.90 Å². The molecule has 1 aromatic carbocycles. The van der Waals surface area contributed by atoms with E-state index in [1.807, 2.05) is 6.92 Å². The molecule has 0 saturated carbocycles. The van der Waals surface area contributed by atoms with Crippen molar-refractivity contribution in [3.63, 3.8) is 0 Å². The Morgan fingerprint density at radius 1 is 1.33 bits per heavy atom. The fourth-order valence-corrected chi connectivity index (χ4v) is 4.32. The minimum absolute atomic E-state index is 0.0442. The third-order valence-electron chi connectivity index (χ3n) is 3.22. The molecule has 2 unspecified atom stereocenters. The van der Waals surface area contributed by atoms with Gasteiger partial charge in [-0.15, -0.1) is 11.6 Å². The third-order valence-corrected chi connectivity index (χ3v) is 6.23. The molecular weight excluding hydrogens is 293 g/mol. The van der Waals surface area contributed by atoms with E-state index in [0.717, 1.165) is 0 Å². The zero-order chi connectivity index (χ0) is 13.3. The van der Waals surface area contributed by atoms with Gasteiger partial charge in [0, 0.05) is 18.5 Å². The lowest BCUT2D eigenvalue weighted by molar-refractivity contribution is 0.286. The van der Waals surface area contributed by atoms with Crippen LogP contribution in [0.1, 0.15) is 13.3 Å². The molecule has 100 valence electrons. The summed E-state index contributed by atoms with van der Waals surface area (Å²) in [6, 6.07) is 6.52. The van der Waals surface area contributed by atoms with Crippen molar-refractivity contribution in [3.8, 4) is 0 Å². The van der Waals surface area contributed by atoms with E-state index in [2.05, 4.69) is 0 Å². The maximum atomic E-state index is 12.5. The van der Waals surface area contributed by atoms with Crippen LogP contribution in [-0.4, -0.2) is 31.2 Å². The molecule has 1 saturated heterocycles. The van der Waals surface area contributed by atoms with Crippen LogP contribution < -0.4 is 0 Å². The Morgan fingerprint density at radius 2 is 2.00 bits per heavy atom. The van der Waals surface area contributed by atoms with E-state index in [1.54, 1.807) is 18.2 Å². The lowest BCUT2D eigenvalue weighted by Crippen LogP contribution is -2.43. The summed E-state index contributed by atoms with van der Waals surface area (Å²) in [6.45, 7) is 2.86. The predicted octanol–water partition coefficient (Wildman–Crippen LogP) is 2.98. The maximum Gasteiger partial charge on any atom is 0.244 e. The van der Waals surface area contributed by atoms with E-state index >= 15 is 0 Å². The fourth-order valence-electron chi connectivity index (χ4n) is 2.09. The summed E-state index contributed by atoms with van der Waals surface area (Å²) in [4.78, 5) is 0.173. The average molecular weight is 308 g/mol. The van der Waals surface area contributed by atoms with Crippen molar-refractivity contribution >= 4 is 33.2 Å². The number of halogens is 2. The second-order valence-electron chi connectivity index (χ2n) is 4.58. The minimum Gasteiger partial charge on any atom is -0.207 e. The number of hydrogen-bond donors (Lipinski definition) is 0. The van der Waals surface area contributed by atoms with Gasteiger partial charge in [0.05, 0.1) is 5.02 Å². The fraction of sp³-hybridized carbons (Fsp3) is 0.500. The van der Waals surface area contributed by atoms with Crippen molar-refractivity contribution in [3.05, 3.63) is 29.3 Å². The van der Waals surface area contributed by atoms with Gasteiger partial charge in [0.25, 0.3) is 0 Å². The highest BCUT2D eigenvalue weighted by Crippen LogP contribution is 2.29. The van der Waals surface area contributed by atoms with Gasteiger partial charge in [0.2, 0.25) is 10.0 Å². The van der Waals surface area contributed by atoms with Crippen LogP contribution in [0.2, 0.25) is 5.02 Å². The highest BCUT2D eigenvalue weighted by molar-refractivity contribution is 7.89. The van der Waals surface area contributed by atoms with Crippen LogP contribution in [0.25, 0.3) is 0 Å². The highest BCUT2D eigenvalue weighted by Gasteiger charge is 2.33. The lowest BCUT2D eigenvalue weighted by Gasteiger charge is -2.33. The Kier molecular flexibility index (Phi) is 4.22. The lowest BCUT2D eigenvalue weighted by atomic mass is 10.0. The molecule has 0 amide bonds. The Morgan fingerprint density at radius 3 is 2.61 bits per heavy atom. The van der Waals surface area contributed by atoms with Crippen LogP contribution in [0.4, 0.5) is 0 Å². The molecule has 2 rings (SSSR count). The number of nitrogens with zero attached hydrogens (tertiary/aromatic N) is 1. The first-order chi connectivity index (χ1) is 8.43. The molecule has 3 nitrogen and oxygen atoms in total. The quantitative estimate of drug-likeness (QED) is 0.788. The van der Waals surface area contributed by atoms with Crippen molar-refractivity contribution in [2.75, 3.05) is 13.1 Å². The number of sulfonamides is 1. The minimum atomic E-state index is -3.51. The van der Waals surface area contributed by atoms with Gasteiger partial charge in [0.15, 0.2) is 0 Å². The largest absolute Gasteiger partial charge is 0.244 e. The summed E-state index contributed by atoms with van der Waals surface area (Å²) >= 11 is 12.1. The number of benzene rings is 1. The Hall–Kier alpha value is -0.290. The maximum absolute atomic E-state index is 12.5. The van der Waals surface area contributed by atoms with Crippen molar-refractivity contribution in [1.82, 2.24) is 4.31 Å².